The molecular formula is C11H21N5S. The van der Waals surface area contributed by atoms with E-state index in [9.17, 15) is 0 Å². The van der Waals surface area contributed by atoms with E-state index < -0.39 is 0 Å². The monoisotopic (exact) mass is 255 g/mol. The summed E-state index contributed by atoms with van der Waals surface area (Å²) in [6.07, 6.45) is 0. The van der Waals surface area contributed by atoms with Crippen LogP contribution in [-0.2, 0) is 0 Å². The molecule has 17 heavy (non-hydrogen) atoms. The van der Waals surface area contributed by atoms with Gasteiger partial charge in [-0.1, -0.05) is 0 Å². The molecule has 1 aliphatic rings. The zero-order valence-corrected chi connectivity index (χ0v) is 11.6. The molecule has 2 N–H and O–H groups in total. The van der Waals surface area contributed by atoms with Crippen molar-refractivity contribution in [3.63, 3.8) is 0 Å². The topological polar surface area (TPSA) is 58.3 Å². The Morgan fingerprint density at radius 1 is 1.29 bits per heavy atom. The summed E-state index contributed by atoms with van der Waals surface area (Å²) in [7, 11) is 0. The molecule has 0 unspecified atom stereocenters. The first-order valence-electron chi connectivity index (χ1n) is 6.03. The molecule has 1 fully saturated rings. The molecule has 0 bridgehead atoms. The fourth-order valence-corrected chi connectivity index (χ4v) is 2.77. The van der Waals surface area contributed by atoms with Crippen molar-refractivity contribution in [1.29, 1.82) is 0 Å². The third-order valence-electron chi connectivity index (χ3n) is 3.42. The van der Waals surface area contributed by atoms with Crippen LogP contribution in [0, 0.1) is 6.92 Å². The SMILES string of the molecule is Cc1nsc(N2CCN(C(C)(C)CN)CC2)n1. The average Bonchev–Trinajstić information content (AvgIpc) is 2.76. The van der Waals surface area contributed by atoms with Gasteiger partial charge in [0.2, 0.25) is 5.13 Å². The standard InChI is InChI=1S/C11H21N5S/c1-9-13-10(17-14-9)15-4-6-16(7-5-15)11(2,3)8-12/h4-8,12H2,1-3H3. The van der Waals surface area contributed by atoms with Crippen LogP contribution >= 0.6 is 11.5 Å². The minimum Gasteiger partial charge on any atom is -0.344 e. The molecule has 0 amide bonds. The Balaban J connectivity index is 1.94. The molecule has 0 spiro atoms. The van der Waals surface area contributed by atoms with Gasteiger partial charge in [0.15, 0.2) is 0 Å². The zero-order valence-electron chi connectivity index (χ0n) is 10.8. The van der Waals surface area contributed by atoms with Crippen molar-refractivity contribution >= 4 is 16.7 Å². The van der Waals surface area contributed by atoms with Gasteiger partial charge in [-0.3, -0.25) is 4.90 Å². The fraction of sp³-hybridized carbons (Fsp3) is 0.818. The van der Waals surface area contributed by atoms with Crippen molar-refractivity contribution in [2.24, 2.45) is 5.73 Å². The first kappa shape index (κ1) is 12.7. The summed E-state index contributed by atoms with van der Waals surface area (Å²) < 4.78 is 4.23. The normalized spacial score (nSPS) is 18.7. The molecule has 1 aliphatic heterocycles. The number of aryl methyl sites for hydroxylation is 1. The van der Waals surface area contributed by atoms with Crippen LogP contribution in [0.15, 0.2) is 0 Å². The van der Waals surface area contributed by atoms with E-state index in [1.807, 2.05) is 6.92 Å². The number of piperazine rings is 1. The number of aromatic nitrogens is 2. The summed E-state index contributed by atoms with van der Waals surface area (Å²) in [5.74, 6) is 0.870. The van der Waals surface area contributed by atoms with Crippen LogP contribution in [-0.4, -0.2) is 52.5 Å². The van der Waals surface area contributed by atoms with Gasteiger partial charge in [0.05, 0.1) is 0 Å². The average molecular weight is 255 g/mol. The highest BCUT2D eigenvalue weighted by Crippen LogP contribution is 2.21. The maximum absolute atomic E-state index is 5.81. The van der Waals surface area contributed by atoms with E-state index in [4.69, 9.17) is 5.73 Å². The minimum absolute atomic E-state index is 0.100. The Kier molecular flexibility index (Phi) is 3.65. The summed E-state index contributed by atoms with van der Waals surface area (Å²) in [6, 6.07) is 0. The lowest BCUT2D eigenvalue weighted by Crippen LogP contribution is -2.57. The molecule has 1 aromatic rings. The van der Waals surface area contributed by atoms with Crippen molar-refractivity contribution in [2.45, 2.75) is 26.3 Å². The van der Waals surface area contributed by atoms with Crippen LogP contribution in [0.1, 0.15) is 19.7 Å². The lowest BCUT2D eigenvalue weighted by molar-refractivity contribution is 0.119. The van der Waals surface area contributed by atoms with Gasteiger partial charge in [-0.2, -0.15) is 4.37 Å². The Morgan fingerprint density at radius 2 is 1.94 bits per heavy atom. The van der Waals surface area contributed by atoms with Gasteiger partial charge in [0.1, 0.15) is 5.82 Å². The Hall–Kier alpha value is -0.720. The van der Waals surface area contributed by atoms with E-state index in [0.29, 0.717) is 6.54 Å². The molecule has 0 saturated carbocycles. The molecule has 5 nitrogen and oxygen atoms in total. The molecule has 0 radical (unpaired) electrons. The van der Waals surface area contributed by atoms with Gasteiger partial charge in [-0.15, -0.1) is 0 Å². The van der Waals surface area contributed by atoms with Crippen LogP contribution in [0.25, 0.3) is 0 Å². The van der Waals surface area contributed by atoms with E-state index in [0.717, 1.165) is 37.1 Å². The number of rotatable bonds is 3. The van der Waals surface area contributed by atoms with Crippen molar-refractivity contribution < 1.29 is 0 Å². The lowest BCUT2D eigenvalue weighted by Gasteiger charge is -2.43. The van der Waals surface area contributed by atoms with Crippen LogP contribution in [0.3, 0.4) is 0 Å². The first-order chi connectivity index (χ1) is 8.03. The van der Waals surface area contributed by atoms with Gasteiger partial charge >= 0.3 is 0 Å². The number of nitrogens with two attached hydrogens (primary N) is 1. The van der Waals surface area contributed by atoms with Crippen molar-refractivity contribution in [3.8, 4) is 0 Å². The summed E-state index contributed by atoms with van der Waals surface area (Å²) in [5, 5.41) is 1.05. The molecule has 0 atom stereocenters. The van der Waals surface area contributed by atoms with E-state index in [1.54, 1.807) is 0 Å². The van der Waals surface area contributed by atoms with Crippen molar-refractivity contribution in [3.05, 3.63) is 5.82 Å². The van der Waals surface area contributed by atoms with Gasteiger partial charge in [0.25, 0.3) is 0 Å². The second-order valence-corrected chi connectivity index (χ2v) is 5.85. The minimum atomic E-state index is 0.100. The zero-order chi connectivity index (χ0) is 12.5. The van der Waals surface area contributed by atoms with E-state index >= 15 is 0 Å². The molecule has 1 saturated heterocycles. The number of hydrogen-bond acceptors (Lipinski definition) is 6. The molecule has 2 rings (SSSR count). The summed E-state index contributed by atoms with van der Waals surface area (Å²) >= 11 is 1.49. The van der Waals surface area contributed by atoms with Crippen LogP contribution in [0.4, 0.5) is 5.13 Å². The molecule has 0 aromatic carbocycles. The Labute approximate surface area is 107 Å². The fourth-order valence-electron chi connectivity index (χ4n) is 2.05. The highest BCUT2D eigenvalue weighted by molar-refractivity contribution is 7.09. The maximum atomic E-state index is 5.81. The molecule has 2 heterocycles. The Morgan fingerprint density at radius 3 is 2.41 bits per heavy atom. The predicted octanol–water partition coefficient (Wildman–Crippen LogP) is 0.706. The number of hydrogen-bond donors (Lipinski definition) is 1. The third-order valence-corrected chi connectivity index (χ3v) is 4.29. The van der Waals surface area contributed by atoms with Gasteiger partial charge < -0.3 is 10.6 Å². The summed E-state index contributed by atoms with van der Waals surface area (Å²) in [6.45, 7) is 11.2. The third kappa shape index (κ3) is 2.75. The van der Waals surface area contributed by atoms with E-state index in [2.05, 4.69) is 33.0 Å². The first-order valence-corrected chi connectivity index (χ1v) is 6.80. The maximum Gasteiger partial charge on any atom is 0.205 e. The largest absolute Gasteiger partial charge is 0.344 e. The number of nitrogens with zero attached hydrogens (tertiary/aromatic N) is 4. The van der Waals surface area contributed by atoms with Crippen LogP contribution in [0.2, 0.25) is 0 Å². The van der Waals surface area contributed by atoms with E-state index in [1.165, 1.54) is 11.5 Å². The molecule has 6 heteroatoms. The quantitative estimate of drug-likeness (QED) is 0.862. The highest BCUT2D eigenvalue weighted by atomic mass is 32.1. The summed E-state index contributed by atoms with van der Waals surface area (Å²) in [4.78, 5) is 9.20. The molecule has 96 valence electrons. The van der Waals surface area contributed by atoms with E-state index in [-0.39, 0.29) is 5.54 Å². The highest BCUT2D eigenvalue weighted by Gasteiger charge is 2.29. The molecular weight excluding hydrogens is 234 g/mol. The van der Waals surface area contributed by atoms with Gasteiger partial charge in [-0.05, 0) is 20.8 Å². The van der Waals surface area contributed by atoms with Gasteiger partial charge in [-0.25, -0.2) is 4.98 Å². The summed E-state index contributed by atoms with van der Waals surface area (Å²) in [5.41, 5.74) is 5.91. The van der Waals surface area contributed by atoms with Gasteiger partial charge in [0, 0.05) is 49.8 Å². The van der Waals surface area contributed by atoms with Crippen molar-refractivity contribution in [2.75, 3.05) is 37.6 Å². The number of anilines is 1. The molecule has 0 aliphatic carbocycles. The predicted molar refractivity (Wildman–Crippen MR) is 71.6 cm³/mol. The second-order valence-electron chi connectivity index (χ2n) is 5.11. The van der Waals surface area contributed by atoms with Crippen LogP contribution < -0.4 is 10.6 Å². The van der Waals surface area contributed by atoms with Crippen molar-refractivity contribution in [1.82, 2.24) is 14.3 Å². The lowest BCUT2D eigenvalue weighted by atomic mass is 10.0. The van der Waals surface area contributed by atoms with Crippen LogP contribution in [0.5, 0.6) is 0 Å². The smallest absolute Gasteiger partial charge is 0.205 e. The second kappa shape index (κ2) is 4.88. The Bertz CT molecular complexity index is 368. The molecule has 1 aromatic heterocycles.